The molecule has 18 heavy (non-hydrogen) atoms. The Bertz CT molecular complexity index is 420. The molecule has 1 saturated carbocycles. The fourth-order valence-corrected chi connectivity index (χ4v) is 2.33. The minimum Gasteiger partial charge on any atom is -0.392 e. The molecule has 0 saturated heterocycles. The van der Waals surface area contributed by atoms with Crippen molar-refractivity contribution in [3.8, 4) is 0 Å². The molecule has 2 nitrogen and oxygen atoms in total. The molecule has 2 rings (SSSR count). The lowest BCUT2D eigenvalue weighted by atomic mass is 9.64. The second kappa shape index (κ2) is 4.94. The Morgan fingerprint density at radius 3 is 2.72 bits per heavy atom. The van der Waals surface area contributed by atoms with E-state index in [4.69, 9.17) is 0 Å². The Labute approximate surface area is 106 Å². The molecule has 0 aliphatic heterocycles. The van der Waals surface area contributed by atoms with Gasteiger partial charge in [-0.05, 0) is 18.1 Å². The van der Waals surface area contributed by atoms with Crippen LogP contribution in [0.4, 0.5) is 8.78 Å². The summed E-state index contributed by atoms with van der Waals surface area (Å²) in [5, 5.41) is 12.9. The van der Waals surface area contributed by atoms with Crippen LogP contribution in [-0.4, -0.2) is 17.3 Å². The molecule has 2 atom stereocenters. The van der Waals surface area contributed by atoms with Crippen molar-refractivity contribution in [2.75, 3.05) is 0 Å². The van der Waals surface area contributed by atoms with Crippen molar-refractivity contribution in [3.63, 3.8) is 0 Å². The number of nitrogens with one attached hydrogen (secondary N) is 1. The van der Waals surface area contributed by atoms with Crippen molar-refractivity contribution in [1.29, 1.82) is 0 Å². The minimum absolute atomic E-state index is 0.0576. The maximum Gasteiger partial charge on any atom is 0.263 e. The van der Waals surface area contributed by atoms with E-state index in [2.05, 4.69) is 5.32 Å². The van der Waals surface area contributed by atoms with Gasteiger partial charge in [-0.15, -0.1) is 0 Å². The van der Waals surface area contributed by atoms with Gasteiger partial charge in [0.1, 0.15) is 0 Å². The Morgan fingerprint density at radius 1 is 1.44 bits per heavy atom. The zero-order valence-electron chi connectivity index (χ0n) is 10.7. The van der Waals surface area contributed by atoms with Gasteiger partial charge in [0.25, 0.3) is 6.43 Å². The molecule has 0 radical (unpaired) electrons. The number of alkyl halides is 2. The van der Waals surface area contributed by atoms with Crippen LogP contribution >= 0.6 is 0 Å². The van der Waals surface area contributed by atoms with E-state index in [-0.39, 0.29) is 23.1 Å². The van der Waals surface area contributed by atoms with E-state index in [9.17, 15) is 13.9 Å². The molecule has 2 unspecified atom stereocenters. The summed E-state index contributed by atoms with van der Waals surface area (Å²) in [6.07, 6.45) is -1.98. The average molecular weight is 255 g/mol. The van der Waals surface area contributed by atoms with Crippen LogP contribution in [0.5, 0.6) is 0 Å². The van der Waals surface area contributed by atoms with Gasteiger partial charge in [0.2, 0.25) is 0 Å². The summed E-state index contributed by atoms with van der Waals surface area (Å²) in [4.78, 5) is 0. The first-order chi connectivity index (χ1) is 8.41. The number of hydrogen-bond donors (Lipinski definition) is 2. The van der Waals surface area contributed by atoms with Crippen LogP contribution in [-0.2, 0) is 6.54 Å². The predicted molar refractivity (Wildman–Crippen MR) is 66.4 cm³/mol. The summed E-state index contributed by atoms with van der Waals surface area (Å²) < 4.78 is 25.1. The number of benzene rings is 1. The summed E-state index contributed by atoms with van der Waals surface area (Å²) in [7, 11) is 0. The van der Waals surface area contributed by atoms with Gasteiger partial charge >= 0.3 is 0 Å². The van der Waals surface area contributed by atoms with E-state index in [0.29, 0.717) is 6.54 Å². The van der Waals surface area contributed by atoms with Gasteiger partial charge in [0.15, 0.2) is 0 Å². The third-order valence-corrected chi connectivity index (χ3v) is 3.97. The summed E-state index contributed by atoms with van der Waals surface area (Å²) in [6, 6.07) is 6.69. The van der Waals surface area contributed by atoms with Crippen LogP contribution in [0.1, 0.15) is 37.8 Å². The molecule has 0 heterocycles. The van der Waals surface area contributed by atoms with E-state index < -0.39 is 6.43 Å². The van der Waals surface area contributed by atoms with Crippen molar-refractivity contribution in [3.05, 3.63) is 35.4 Å². The van der Waals surface area contributed by atoms with E-state index in [1.165, 1.54) is 12.1 Å². The van der Waals surface area contributed by atoms with E-state index in [1.807, 2.05) is 19.9 Å². The first kappa shape index (κ1) is 13.4. The molecule has 0 spiro atoms. The zero-order valence-corrected chi connectivity index (χ0v) is 10.7. The van der Waals surface area contributed by atoms with Gasteiger partial charge < -0.3 is 10.4 Å². The lowest BCUT2D eigenvalue weighted by Gasteiger charge is -2.49. The minimum atomic E-state index is -2.42. The SMILES string of the molecule is CC1(C)C(O)CC1NCc1cccc(C(F)F)c1. The maximum atomic E-state index is 12.5. The van der Waals surface area contributed by atoms with Crippen molar-refractivity contribution in [2.45, 2.75) is 45.4 Å². The highest BCUT2D eigenvalue weighted by molar-refractivity contribution is 5.24. The second-order valence-corrected chi connectivity index (χ2v) is 5.55. The van der Waals surface area contributed by atoms with Crippen LogP contribution in [0, 0.1) is 5.41 Å². The molecular weight excluding hydrogens is 236 g/mol. The van der Waals surface area contributed by atoms with E-state index in [1.54, 1.807) is 6.07 Å². The molecule has 1 aliphatic carbocycles. The average Bonchev–Trinajstić information content (AvgIpc) is 2.34. The van der Waals surface area contributed by atoms with Crippen LogP contribution in [0.2, 0.25) is 0 Å². The highest BCUT2D eigenvalue weighted by atomic mass is 19.3. The molecule has 100 valence electrons. The molecule has 1 aromatic rings. The first-order valence-corrected chi connectivity index (χ1v) is 6.19. The van der Waals surface area contributed by atoms with Crippen LogP contribution < -0.4 is 5.32 Å². The normalized spacial score (nSPS) is 26.1. The molecule has 0 bridgehead atoms. The Morgan fingerprint density at radius 2 is 2.17 bits per heavy atom. The highest BCUT2D eigenvalue weighted by Crippen LogP contribution is 2.40. The molecule has 4 heteroatoms. The van der Waals surface area contributed by atoms with Gasteiger partial charge in [-0.25, -0.2) is 8.78 Å². The standard InChI is InChI=1S/C14H19F2NO/c1-14(2)11(7-12(14)18)17-8-9-4-3-5-10(6-9)13(15)16/h3-6,11-13,17-18H,7-8H2,1-2H3. The molecule has 0 aromatic heterocycles. The van der Waals surface area contributed by atoms with Gasteiger partial charge in [0.05, 0.1) is 6.10 Å². The summed E-state index contributed by atoms with van der Waals surface area (Å²) in [6.45, 7) is 4.57. The van der Waals surface area contributed by atoms with Gasteiger partial charge in [-0.2, -0.15) is 0 Å². The second-order valence-electron chi connectivity index (χ2n) is 5.55. The van der Waals surface area contributed by atoms with Crippen LogP contribution in [0.25, 0.3) is 0 Å². The van der Waals surface area contributed by atoms with Gasteiger partial charge in [-0.3, -0.25) is 0 Å². The van der Waals surface area contributed by atoms with Gasteiger partial charge in [-0.1, -0.05) is 32.0 Å². The zero-order chi connectivity index (χ0) is 13.3. The monoisotopic (exact) mass is 255 g/mol. The molecule has 1 aliphatic rings. The summed E-state index contributed by atoms with van der Waals surface area (Å²) >= 11 is 0. The summed E-state index contributed by atoms with van der Waals surface area (Å²) in [5.74, 6) is 0. The molecular formula is C14H19F2NO. The number of halogens is 2. The number of hydrogen-bond acceptors (Lipinski definition) is 2. The van der Waals surface area contributed by atoms with Crippen molar-refractivity contribution < 1.29 is 13.9 Å². The third kappa shape index (κ3) is 2.54. The Hall–Kier alpha value is -1.00. The largest absolute Gasteiger partial charge is 0.392 e. The summed E-state index contributed by atoms with van der Waals surface area (Å²) in [5.41, 5.74) is 0.771. The Kier molecular flexibility index (Phi) is 3.69. The van der Waals surface area contributed by atoms with Crippen LogP contribution in [0.15, 0.2) is 24.3 Å². The van der Waals surface area contributed by atoms with Crippen LogP contribution in [0.3, 0.4) is 0 Å². The number of aliphatic hydroxyl groups is 1. The maximum absolute atomic E-state index is 12.5. The van der Waals surface area contributed by atoms with Crippen molar-refractivity contribution in [1.82, 2.24) is 5.32 Å². The lowest BCUT2D eigenvalue weighted by molar-refractivity contribution is -0.0729. The van der Waals surface area contributed by atoms with E-state index >= 15 is 0 Å². The van der Waals surface area contributed by atoms with Crippen molar-refractivity contribution in [2.24, 2.45) is 5.41 Å². The van der Waals surface area contributed by atoms with E-state index in [0.717, 1.165) is 12.0 Å². The molecule has 1 aromatic carbocycles. The Balaban J connectivity index is 1.93. The lowest BCUT2D eigenvalue weighted by Crippen LogP contribution is -2.59. The smallest absolute Gasteiger partial charge is 0.263 e. The fraction of sp³-hybridized carbons (Fsp3) is 0.571. The quantitative estimate of drug-likeness (QED) is 0.867. The highest BCUT2D eigenvalue weighted by Gasteiger charge is 2.46. The first-order valence-electron chi connectivity index (χ1n) is 6.19. The molecule has 2 N–H and O–H groups in total. The fourth-order valence-electron chi connectivity index (χ4n) is 2.33. The number of rotatable bonds is 4. The van der Waals surface area contributed by atoms with Crippen molar-refractivity contribution >= 4 is 0 Å². The number of aliphatic hydroxyl groups excluding tert-OH is 1. The predicted octanol–water partition coefficient (Wildman–Crippen LogP) is 2.87. The molecule has 0 amide bonds. The molecule has 1 fully saturated rings. The topological polar surface area (TPSA) is 32.3 Å². The third-order valence-electron chi connectivity index (χ3n) is 3.97. The van der Waals surface area contributed by atoms with Gasteiger partial charge in [0, 0.05) is 23.6 Å².